The third-order valence-electron chi connectivity index (χ3n) is 3.45. The predicted octanol–water partition coefficient (Wildman–Crippen LogP) is 5.94. The molecule has 0 unspecified atom stereocenters. The molecule has 2 aromatic carbocycles. The molecule has 0 amide bonds. The number of aromatic hydroxyl groups is 1. The van der Waals surface area contributed by atoms with Crippen molar-refractivity contribution in [2.45, 2.75) is 13.3 Å². The lowest BCUT2D eigenvalue weighted by atomic mass is 9.99. The number of hydrogen-bond acceptors (Lipinski definition) is 4. The van der Waals surface area contributed by atoms with Gasteiger partial charge in [0.05, 0.1) is 24.7 Å². The fourth-order valence-electron chi connectivity index (χ4n) is 2.33. The summed E-state index contributed by atoms with van der Waals surface area (Å²) in [5.74, 6) is -0.281. The van der Waals surface area contributed by atoms with Gasteiger partial charge in [0.15, 0.2) is 10.8 Å². The molecule has 0 spiro atoms. The second kappa shape index (κ2) is 6.38. The van der Waals surface area contributed by atoms with E-state index in [4.69, 9.17) is 13.9 Å². The summed E-state index contributed by atoms with van der Waals surface area (Å²) in [6, 6.07) is 1.67. The fraction of sp³-hybridized carbons (Fsp3) is 0.118. The highest BCUT2D eigenvalue weighted by molar-refractivity contribution is 9.11. The van der Waals surface area contributed by atoms with Gasteiger partial charge in [0.1, 0.15) is 17.1 Å². The van der Waals surface area contributed by atoms with Crippen LogP contribution >= 0.6 is 31.9 Å². The number of halogens is 2. The molecule has 0 fully saturated rings. The first-order chi connectivity index (χ1) is 12.7. The third kappa shape index (κ3) is 2.72. The van der Waals surface area contributed by atoms with Crippen LogP contribution in [-0.4, -0.2) is 10.9 Å². The molecule has 0 saturated heterocycles. The molecule has 0 aliphatic carbocycles. The number of carbonyl (C=O) groups excluding carboxylic acids is 1. The van der Waals surface area contributed by atoms with Crippen molar-refractivity contribution >= 4 is 54.3 Å². The van der Waals surface area contributed by atoms with Crippen molar-refractivity contribution in [3.05, 3.63) is 61.1 Å². The van der Waals surface area contributed by atoms with Crippen molar-refractivity contribution in [3.63, 3.8) is 0 Å². The second-order valence-corrected chi connectivity index (χ2v) is 6.61. The standard InChI is InChI=1S/C17H10Br2N2O3/c1-2-13-15(10-4-3-9(21-20)7-14(10)24-13)16(22)8-5-11(18)17(23)12(19)6-8/h3-7H,2H2,1H3/p+1/i3D,4D,7D. The molecule has 0 atom stereocenters. The average molecular weight is 454 g/mol. The summed E-state index contributed by atoms with van der Waals surface area (Å²) >= 11 is 6.36. The number of nitrogens with zero attached hydrogens (tertiary/aromatic N) is 2. The number of hydrogen-bond donors (Lipinski definition) is 1. The summed E-state index contributed by atoms with van der Waals surface area (Å²) in [6.07, 6.45) is 0.313. The van der Waals surface area contributed by atoms with Gasteiger partial charge in [-0.3, -0.25) is 4.79 Å². The topological polar surface area (TPSA) is 78.6 Å². The minimum absolute atomic E-state index is 0.0274. The first kappa shape index (κ1) is 13.2. The Balaban J connectivity index is 2.38. The Hall–Kier alpha value is -2.17. The molecule has 0 radical (unpaired) electrons. The second-order valence-electron chi connectivity index (χ2n) is 4.90. The Labute approximate surface area is 158 Å². The van der Waals surface area contributed by atoms with E-state index in [2.05, 4.69) is 36.8 Å². The molecule has 3 rings (SSSR count). The van der Waals surface area contributed by atoms with Crippen LogP contribution in [0.5, 0.6) is 5.75 Å². The van der Waals surface area contributed by atoms with Gasteiger partial charge in [0.2, 0.25) is 5.39 Å². The predicted molar refractivity (Wildman–Crippen MR) is 97.3 cm³/mol. The molecule has 24 heavy (non-hydrogen) atoms. The maximum Gasteiger partial charge on any atom is 0.388 e. The number of benzene rings is 2. The van der Waals surface area contributed by atoms with Gasteiger partial charge in [-0.25, -0.2) is 0 Å². The largest absolute Gasteiger partial charge is 0.506 e. The van der Waals surface area contributed by atoms with E-state index in [9.17, 15) is 9.90 Å². The zero-order chi connectivity index (χ0) is 20.0. The molecule has 1 aromatic heterocycles. The zero-order valence-electron chi connectivity index (χ0n) is 15.3. The van der Waals surface area contributed by atoms with E-state index in [0.717, 1.165) is 0 Å². The smallest absolute Gasteiger partial charge is 0.388 e. The monoisotopic (exact) mass is 452 g/mol. The molecular weight excluding hydrogens is 440 g/mol. The Morgan fingerprint density at radius 2 is 2.04 bits per heavy atom. The summed E-state index contributed by atoms with van der Waals surface area (Å²) in [4.78, 5) is 16.1. The van der Waals surface area contributed by atoms with Gasteiger partial charge in [-0.05, 0) is 50.0 Å². The highest BCUT2D eigenvalue weighted by atomic mass is 79.9. The van der Waals surface area contributed by atoms with Crippen molar-refractivity contribution in [1.29, 1.82) is 5.39 Å². The van der Waals surface area contributed by atoms with Gasteiger partial charge in [0.25, 0.3) is 0 Å². The molecule has 0 bridgehead atoms. The number of rotatable bonds is 3. The number of fused-ring (bicyclic) bond motifs is 1. The average Bonchev–Trinajstić information content (AvgIpc) is 3.03. The first-order valence-electron chi connectivity index (χ1n) is 8.35. The zero-order valence-corrected chi connectivity index (χ0v) is 15.4. The van der Waals surface area contributed by atoms with Crippen molar-refractivity contribution < 1.29 is 18.4 Å². The summed E-state index contributed by atoms with van der Waals surface area (Å²) < 4.78 is 30.5. The number of aryl methyl sites for hydroxylation is 1. The van der Waals surface area contributed by atoms with E-state index in [0.29, 0.717) is 15.4 Å². The number of phenols is 1. The van der Waals surface area contributed by atoms with Crippen LogP contribution in [0.2, 0.25) is 0 Å². The summed E-state index contributed by atoms with van der Waals surface area (Å²) in [5.41, 5.74) is -0.176. The summed E-state index contributed by atoms with van der Waals surface area (Å²) in [6.45, 7) is 1.75. The first-order valence-corrected chi connectivity index (χ1v) is 8.44. The van der Waals surface area contributed by atoms with Crippen molar-refractivity contribution in [3.8, 4) is 5.75 Å². The maximum atomic E-state index is 13.2. The number of diazo groups is 1. The third-order valence-corrected chi connectivity index (χ3v) is 4.66. The lowest BCUT2D eigenvalue weighted by Crippen LogP contribution is -2.03. The highest BCUT2D eigenvalue weighted by Gasteiger charge is 2.24. The van der Waals surface area contributed by atoms with Crippen molar-refractivity contribution in [2.24, 2.45) is 0 Å². The van der Waals surface area contributed by atoms with E-state index in [1.54, 1.807) is 6.92 Å². The molecule has 1 heterocycles. The molecule has 0 aliphatic heterocycles. The van der Waals surface area contributed by atoms with Crippen LogP contribution in [0.3, 0.4) is 0 Å². The number of carbonyl (C=O) groups is 1. The molecule has 1 N–H and O–H groups in total. The molecule has 5 nitrogen and oxygen atoms in total. The summed E-state index contributed by atoms with van der Waals surface area (Å²) in [7, 11) is 0. The van der Waals surface area contributed by atoms with E-state index >= 15 is 0 Å². The Bertz CT molecular complexity index is 1150. The van der Waals surface area contributed by atoms with Gasteiger partial charge >= 0.3 is 5.69 Å². The van der Waals surface area contributed by atoms with Crippen LogP contribution in [0, 0.1) is 5.39 Å². The quantitative estimate of drug-likeness (QED) is 0.393. The van der Waals surface area contributed by atoms with Crippen LogP contribution in [0.15, 0.2) is 43.6 Å². The Kier molecular flexibility index (Phi) is 3.50. The van der Waals surface area contributed by atoms with Crippen LogP contribution in [0.25, 0.3) is 15.9 Å². The Morgan fingerprint density at radius 1 is 1.38 bits per heavy atom. The van der Waals surface area contributed by atoms with E-state index in [1.807, 2.05) is 0 Å². The molecule has 7 heteroatoms. The maximum absolute atomic E-state index is 13.2. The van der Waals surface area contributed by atoms with Crippen LogP contribution in [0.4, 0.5) is 5.69 Å². The van der Waals surface area contributed by atoms with E-state index < -0.39 is 17.5 Å². The van der Waals surface area contributed by atoms with Crippen LogP contribution < -0.4 is 0 Å². The minimum Gasteiger partial charge on any atom is -0.506 e. The van der Waals surface area contributed by atoms with Crippen molar-refractivity contribution in [2.75, 3.05) is 0 Å². The number of furan rings is 1. The summed E-state index contributed by atoms with van der Waals surface area (Å²) in [5, 5.41) is 18.9. The number of phenolic OH excluding ortho intramolecular Hbond substituents is 1. The van der Waals surface area contributed by atoms with Gasteiger partial charge in [-0.15, -0.1) is 0 Å². The fourth-order valence-corrected chi connectivity index (χ4v) is 3.51. The van der Waals surface area contributed by atoms with Crippen molar-refractivity contribution in [1.82, 2.24) is 0 Å². The molecule has 0 saturated carbocycles. The van der Waals surface area contributed by atoms with Gasteiger partial charge < -0.3 is 9.52 Å². The van der Waals surface area contributed by atoms with Crippen LogP contribution in [0.1, 0.15) is 32.7 Å². The highest BCUT2D eigenvalue weighted by Crippen LogP contribution is 2.36. The van der Waals surface area contributed by atoms with E-state index in [1.165, 1.54) is 12.1 Å². The van der Waals surface area contributed by atoms with Gasteiger partial charge in [-0.2, -0.15) is 0 Å². The molecule has 120 valence electrons. The van der Waals surface area contributed by atoms with Gasteiger partial charge in [0, 0.05) is 23.4 Å². The molecule has 3 aromatic rings. The molecule has 0 aliphatic rings. The normalized spacial score (nSPS) is 12.5. The lowest BCUT2D eigenvalue weighted by Gasteiger charge is -2.06. The molecular formula is C17H11Br2N2O3+. The van der Waals surface area contributed by atoms with Crippen LogP contribution in [-0.2, 0) is 6.42 Å². The van der Waals surface area contributed by atoms with E-state index in [-0.39, 0.29) is 45.7 Å². The Morgan fingerprint density at radius 3 is 2.62 bits per heavy atom. The number of ketones is 1. The lowest BCUT2D eigenvalue weighted by molar-refractivity contribution is 0.103. The SMILES string of the molecule is [2H]c1c([N+]#N)c([2H])c2oc(CC)c(C(=O)c3cc(Br)c(O)c(Br)c3)c2c1[2H]. The van der Waals surface area contributed by atoms with Gasteiger partial charge in [-0.1, -0.05) is 6.92 Å². The minimum atomic E-state index is -0.479.